The summed E-state index contributed by atoms with van der Waals surface area (Å²) in [6.45, 7) is 4.53. The van der Waals surface area contributed by atoms with E-state index in [4.69, 9.17) is 0 Å². The Morgan fingerprint density at radius 3 is 1.78 bits per heavy atom. The summed E-state index contributed by atoms with van der Waals surface area (Å²) in [7, 11) is 0. The van der Waals surface area contributed by atoms with Gasteiger partial charge in [-0.15, -0.1) is 0 Å². The predicted octanol–water partition coefficient (Wildman–Crippen LogP) is -3.98. The van der Waals surface area contributed by atoms with Crippen LogP contribution in [0.1, 0.15) is 26.7 Å². The Bertz CT molecular complexity index is 40.0. The van der Waals surface area contributed by atoms with Crippen molar-refractivity contribution >= 4 is 16.3 Å². The molecule has 0 saturated carbocycles. The Hall–Kier alpha value is 1.11. The Labute approximate surface area is 79.0 Å². The number of halogens is 2. The summed E-state index contributed by atoms with van der Waals surface area (Å²) in [5.74, 6) is 0.889. The zero-order valence-electron chi connectivity index (χ0n) is 6.03. The molecule has 0 heterocycles. The van der Waals surface area contributed by atoms with Crippen LogP contribution in [-0.4, -0.2) is 16.3 Å². The Morgan fingerprint density at radius 1 is 1.22 bits per heavy atom. The van der Waals surface area contributed by atoms with E-state index in [1.807, 2.05) is 0 Å². The molecule has 54 valence electrons. The third-order valence-electron chi connectivity index (χ3n) is 0.986. The van der Waals surface area contributed by atoms with Crippen molar-refractivity contribution in [1.29, 1.82) is 0 Å². The maximum Gasteiger partial charge on any atom is -1.00 e. The SMILES string of the molecule is CC(C)CC[CH2][Al+2].[Cl-].[Cl-]. The molecule has 0 aromatic carbocycles. The Balaban J connectivity index is -0.000000180. The summed E-state index contributed by atoms with van der Waals surface area (Å²) >= 11 is 2.74. The van der Waals surface area contributed by atoms with Crippen LogP contribution in [0, 0.1) is 5.92 Å². The van der Waals surface area contributed by atoms with Gasteiger partial charge in [-0.25, -0.2) is 0 Å². The molecule has 0 saturated heterocycles. The van der Waals surface area contributed by atoms with Crippen molar-refractivity contribution in [2.24, 2.45) is 5.92 Å². The second-order valence-electron chi connectivity index (χ2n) is 2.32. The molecule has 0 bridgehead atoms. The topological polar surface area (TPSA) is 0 Å². The average molecular weight is 183 g/mol. The summed E-state index contributed by atoms with van der Waals surface area (Å²) in [5.41, 5.74) is 0. The van der Waals surface area contributed by atoms with Crippen LogP contribution in [0.2, 0.25) is 5.28 Å². The quantitative estimate of drug-likeness (QED) is 0.391. The molecule has 9 heavy (non-hydrogen) atoms. The maximum atomic E-state index is 2.74. The molecule has 3 heteroatoms. The predicted molar refractivity (Wildman–Crippen MR) is 34.6 cm³/mol. The van der Waals surface area contributed by atoms with Crippen LogP contribution in [0.4, 0.5) is 0 Å². The first-order valence-corrected chi connectivity index (χ1v) is 3.79. The summed E-state index contributed by atoms with van der Waals surface area (Å²) < 4.78 is 0. The molecule has 0 aliphatic rings. The molecule has 0 nitrogen and oxygen atoms in total. The van der Waals surface area contributed by atoms with Gasteiger partial charge in [0.2, 0.25) is 0 Å². The van der Waals surface area contributed by atoms with Crippen molar-refractivity contribution in [1.82, 2.24) is 0 Å². The van der Waals surface area contributed by atoms with Crippen LogP contribution < -0.4 is 24.8 Å². The fraction of sp³-hybridized carbons (Fsp3) is 1.00. The molecule has 0 aliphatic carbocycles. The Kier molecular flexibility index (Phi) is 21.9. The molecule has 0 rings (SSSR count). The average Bonchev–Trinajstić information content (AvgIpc) is 1.61. The molecule has 0 spiro atoms. The molecule has 0 radical (unpaired) electrons. The van der Waals surface area contributed by atoms with E-state index in [2.05, 4.69) is 30.1 Å². The van der Waals surface area contributed by atoms with E-state index in [9.17, 15) is 0 Å². The monoisotopic (exact) mass is 182 g/mol. The van der Waals surface area contributed by atoms with Crippen LogP contribution in [0.25, 0.3) is 0 Å². The van der Waals surface area contributed by atoms with E-state index in [1.165, 1.54) is 18.1 Å². The van der Waals surface area contributed by atoms with Crippen LogP contribution in [0.3, 0.4) is 0 Å². The van der Waals surface area contributed by atoms with Crippen molar-refractivity contribution in [3.05, 3.63) is 0 Å². The first-order valence-electron chi connectivity index (χ1n) is 2.97. The van der Waals surface area contributed by atoms with Crippen LogP contribution in [0.5, 0.6) is 0 Å². The minimum atomic E-state index is 0. The van der Waals surface area contributed by atoms with E-state index in [1.54, 1.807) is 0 Å². The van der Waals surface area contributed by atoms with Gasteiger partial charge in [0.25, 0.3) is 0 Å². The number of hydrogen-bond donors (Lipinski definition) is 0. The molecule has 0 aromatic rings. The van der Waals surface area contributed by atoms with Crippen LogP contribution >= 0.6 is 0 Å². The molecule has 0 aliphatic heterocycles. The second kappa shape index (κ2) is 11.9. The number of hydrogen-bond acceptors (Lipinski definition) is 0. The zero-order chi connectivity index (χ0) is 5.70. The summed E-state index contributed by atoms with van der Waals surface area (Å²) in [6.07, 6.45) is 2.74. The van der Waals surface area contributed by atoms with E-state index in [0.29, 0.717) is 0 Å². The maximum absolute atomic E-state index is 2.74. The smallest absolute Gasteiger partial charge is 1.00 e. The third-order valence-corrected chi connectivity index (χ3v) is 1.39. The van der Waals surface area contributed by atoms with E-state index >= 15 is 0 Å². The molecular weight excluding hydrogens is 170 g/mol. The van der Waals surface area contributed by atoms with E-state index in [0.717, 1.165) is 5.92 Å². The van der Waals surface area contributed by atoms with Crippen molar-refractivity contribution in [3.8, 4) is 0 Å². The Morgan fingerprint density at radius 2 is 1.67 bits per heavy atom. The van der Waals surface area contributed by atoms with Gasteiger partial charge >= 0.3 is 54.2 Å². The summed E-state index contributed by atoms with van der Waals surface area (Å²) in [6, 6.07) is 0. The van der Waals surface area contributed by atoms with Gasteiger partial charge in [-0.05, 0) is 0 Å². The molecule has 0 N–H and O–H groups in total. The van der Waals surface area contributed by atoms with Gasteiger partial charge in [-0.1, -0.05) is 0 Å². The van der Waals surface area contributed by atoms with Crippen molar-refractivity contribution in [3.63, 3.8) is 0 Å². The molecule has 0 aromatic heterocycles. The summed E-state index contributed by atoms with van der Waals surface area (Å²) in [4.78, 5) is 0. The van der Waals surface area contributed by atoms with E-state index in [-0.39, 0.29) is 24.8 Å². The molecular formula is C6H13AlCl2. The van der Waals surface area contributed by atoms with Crippen molar-refractivity contribution in [2.75, 3.05) is 0 Å². The standard InChI is InChI=1S/C6H13.Al.2ClH/c1-4-5-6(2)3;;;/h6H,1,4-5H2,2-3H3;;2*1H/q;+2;;/p-2. The molecule has 0 unspecified atom stereocenters. The van der Waals surface area contributed by atoms with Gasteiger partial charge in [-0.2, -0.15) is 0 Å². The van der Waals surface area contributed by atoms with Gasteiger partial charge < -0.3 is 24.8 Å². The molecule has 0 fully saturated rings. The minimum absolute atomic E-state index is 0. The van der Waals surface area contributed by atoms with Gasteiger partial charge in [0, 0.05) is 0 Å². The fourth-order valence-electron chi connectivity index (χ4n) is 0.526. The van der Waals surface area contributed by atoms with Gasteiger partial charge in [0.15, 0.2) is 0 Å². The largest absolute Gasteiger partial charge is 1.00 e. The van der Waals surface area contributed by atoms with Crippen LogP contribution in [-0.2, 0) is 0 Å². The summed E-state index contributed by atoms with van der Waals surface area (Å²) in [5, 5.41) is 1.26. The fourth-order valence-corrected chi connectivity index (χ4v) is 0.762. The van der Waals surface area contributed by atoms with Gasteiger partial charge in [0.05, 0.1) is 0 Å². The number of rotatable bonds is 3. The first-order chi connectivity index (χ1) is 3.27. The third kappa shape index (κ3) is 17.6. The molecule has 0 atom stereocenters. The molecule has 0 amide bonds. The van der Waals surface area contributed by atoms with Crippen LogP contribution in [0.15, 0.2) is 0 Å². The minimum Gasteiger partial charge on any atom is -1.00 e. The second-order valence-corrected chi connectivity index (χ2v) is 2.90. The van der Waals surface area contributed by atoms with Crippen molar-refractivity contribution < 1.29 is 24.8 Å². The van der Waals surface area contributed by atoms with Gasteiger partial charge in [-0.3, -0.25) is 0 Å². The normalized spacial score (nSPS) is 8.11. The van der Waals surface area contributed by atoms with Gasteiger partial charge in [0.1, 0.15) is 0 Å². The van der Waals surface area contributed by atoms with E-state index < -0.39 is 0 Å². The zero-order valence-corrected chi connectivity index (χ0v) is 8.70. The first kappa shape index (κ1) is 16.6. The van der Waals surface area contributed by atoms with Crippen molar-refractivity contribution in [2.45, 2.75) is 32.0 Å².